The second-order valence-electron chi connectivity index (χ2n) is 5.12. The third-order valence-corrected chi connectivity index (χ3v) is 3.68. The van der Waals surface area contributed by atoms with E-state index in [4.69, 9.17) is 0 Å². The molecule has 91 valence electrons. The monoisotopic (exact) mass is 223 g/mol. The van der Waals surface area contributed by atoms with Gasteiger partial charge in [0.15, 0.2) is 0 Å². The summed E-state index contributed by atoms with van der Waals surface area (Å²) in [5, 5.41) is 6.54. The van der Waals surface area contributed by atoms with Crippen LogP contribution in [0.5, 0.6) is 0 Å². The fraction of sp³-hybridized carbons (Fsp3) is 0.846. The third kappa shape index (κ3) is 3.78. The Hall–Kier alpha value is -0.570. The van der Waals surface area contributed by atoms with E-state index in [9.17, 15) is 4.79 Å². The van der Waals surface area contributed by atoms with E-state index >= 15 is 0 Å². The van der Waals surface area contributed by atoms with Crippen molar-refractivity contribution in [3.8, 4) is 0 Å². The summed E-state index contributed by atoms with van der Waals surface area (Å²) in [6.45, 7) is 2.14. The van der Waals surface area contributed by atoms with E-state index in [0.717, 1.165) is 38.8 Å². The van der Waals surface area contributed by atoms with Crippen LogP contribution in [0.1, 0.15) is 44.9 Å². The predicted octanol–water partition coefficient (Wildman–Crippen LogP) is 1.64. The highest BCUT2D eigenvalue weighted by Gasteiger charge is 2.20. The fourth-order valence-electron chi connectivity index (χ4n) is 2.72. The molecule has 0 aromatic rings. The van der Waals surface area contributed by atoms with Crippen molar-refractivity contribution in [3.63, 3.8) is 0 Å². The van der Waals surface area contributed by atoms with Crippen LogP contribution in [0.2, 0.25) is 0 Å². The summed E-state index contributed by atoms with van der Waals surface area (Å²) in [5.41, 5.74) is 0. The molecule has 0 aromatic heterocycles. The van der Waals surface area contributed by atoms with Gasteiger partial charge in [-0.3, -0.25) is 4.79 Å². The third-order valence-electron chi connectivity index (χ3n) is 3.68. The first-order valence-electron chi connectivity index (χ1n) is 6.66. The van der Waals surface area contributed by atoms with Gasteiger partial charge < -0.3 is 10.6 Å². The molecule has 1 radical (unpaired) electrons. The average Bonchev–Trinajstić information content (AvgIpc) is 2.31. The number of nitrogens with one attached hydrogen (secondary N) is 2. The number of carbonyl (C=O) groups excluding carboxylic acids is 1. The van der Waals surface area contributed by atoms with Crippen molar-refractivity contribution in [2.45, 2.75) is 51.0 Å². The molecule has 16 heavy (non-hydrogen) atoms. The van der Waals surface area contributed by atoms with Gasteiger partial charge in [-0.05, 0) is 64.0 Å². The second-order valence-corrected chi connectivity index (χ2v) is 5.12. The Morgan fingerprint density at radius 1 is 1.31 bits per heavy atom. The maximum atomic E-state index is 11.8. The van der Waals surface area contributed by atoms with Crippen LogP contribution in [0.15, 0.2) is 0 Å². The summed E-state index contributed by atoms with van der Waals surface area (Å²) in [4.78, 5) is 11.8. The van der Waals surface area contributed by atoms with Gasteiger partial charge in [-0.1, -0.05) is 0 Å². The molecule has 1 aliphatic carbocycles. The van der Waals surface area contributed by atoms with Gasteiger partial charge in [0, 0.05) is 12.5 Å². The number of hydrogen-bond acceptors (Lipinski definition) is 2. The lowest BCUT2D eigenvalue weighted by Crippen LogP contribution is -2.39. The van der Waals surface area contributed by atoms with Crippen LogP contribution < -0.4 is 10.6 Å². The van der Waals surface area contributed by atoms with Gasteiger partial charge in [0.1, 0.15) is 0 Å². The van der Waals surface area contributed by atoms with E-state index in [-0.39, 0.29) is 5.91 Å². The summed E-state index contributed by atoms with van der Waals surface area (Å²) in [6.07, 6.45) is 10.1. The molecule has 1 saturated heterocycles. The van der Waals surface area contributed by atoms with Gasteiger partial charge in [-0.15, -0.1) is 0 Å². The molecule has 1 saturated carbocycles. The first kappa shape index (κ1) is 11.9. The minimum Gasteiger partial charge on any atom is -0.353 e. The van der Waals surface area contributed by atoms with Crippen molar-refractivity contribution < 1.29 is 4.79 Å². The molecule has 0 spiro atoms. The van der Waals surface area contributed by atoms with Crippen molar-refractivity contribution in [1.82, 2.24) is 10.6 Å². The van der Waals surface area contributed by atoms with Gasteiger partial charge in [0.05, 0.1) is 0 Å². The molecule has 0 bridgehead atoms. The van der Waals surface area contributed by atoms with Crippen LogP contribution in [0.4, 0.5) is 0 Å². The van der Waals surface area contributed by atoms with Crippen LogP contribution in [-0.2, 0) is 4.79 Å². The SMILES string of the molecule is O=C(CC1CCCNC1)NC1CC[CH]CC1. The standard InChI is InChI=1S/C13H23N2O/c16-13(9-11-5-4-8-14-10-11)15-12-6-2-1-3-7-12/h1,11-12,14H,2-10H2,(H,15,16). The molecule has 1 atom stereocenters. The lowest BCUT2D eigenvalue weighted by Gasteiger charge is -2.25. The first-order chi connectivity index (χ1) is 7.84. The summed E-state index contributed by atoms with van der Waals surface area (Å²) >= 11 is 0. The molecular formula is C13H23N2O. The zero-order valence-electron chi connectivity index (χ0n) is 10.0. The molecule has 1 aliphatic heterocycles. The number of amides is 1. The Morgan fingerprint density at radius 3 is 2.81 bits per heavy atom. The maximum Gasteiger partial charge on any atom is 0.220 e. The van der Waals surface area contributed by atoms with Crippen molar-refractivity contribution in [3.05, 3.63) is 6.42 Å². The smallest absolute Gasteiger partial charge is 0.220 e. The van der Waals surface area contributed by atoms with Gasteiger partial charge in [0.25, 0.3) is 0 Å². The number of piperidine rings is 1. The fourth-order valence-corrected chi connectivity index (χ4v) is 2.72. The van der Waals surface area contributed by atoms with Crippen molar-refractivity contribution in [2.24, 2.45) is 5.92 Å². The molecule has 1 unspecified atom stereocenters. The lowest BCUT2D eigenvalue weighted by atomic mass is 9.93. The highest BCUT2D eigenvalue weighted by Crippen LogP contribution is 2.18. The largest absolute Gasteiger partial charge is 0.353 e. The number of carbonyl (C=O) groups is 1. The molecule has 0 aromatic carbocycles. The summed E-state index contributed by atoms with van der Waals surface area (Å²) in [5.74, 6) is 0.824. The van der Waals surface area contributed by atoms with Gasteiger partial charge in [0.2, 0.25) is 5.91 Å². The van der Waals surface area contributed by atoms with Crippen molar-refractivity contribution in [2.75, 3.05) is 13.1 Å². The lowest BCUT2D eigenvalue weighted by molar-refractivity contribution is -0.123. The normalized spacial score (nSPS) is 27.6. The molecular weight excluding hydrogens is 200 g/mol. The topological polar surface area (TPSA) is 41.1 Å². The van der Waals surface area contributed by atoms with Crippen LogP contribution in [-0.4, -0.2) is 25.0 Å². The molecule has 3 nitrogen and oxygen atoms in total. The van der Waals surface area contributed by atoms with E-state index in [1.807, 2.05) is 0 Å². The number of hydrogen-bond donors (Lipinski definition) is 2. The molecule has 1 amide bonds. The average molecular weight is 223 g/mol. The minimum absolute atomic E-state index is 0.264. The van der Waals surface area contributed by atoms with Crippen molar-refractivity contribution >= 4 is 5.91 Å². The Kier molecular flexibility index (Phi) is 4.64. The van der Waals surface area contributed by atoms with E-state index in [0.29, 0.717) is 18.4 Å². The van der Waals surface area contributed by atoms with E-state index in [1.165, 1.54) is 12.8 Å². The highest BCUT2D eigenvalue weighted by molar-refractivity contribution is 5.76. The van der Waals surface area contributed by atoms with E-state index < -0.39 is 0 Å². The van der Waals surface area contributed by atoms with Gasteiger partial charge in [-0.2, -0.15) is 0 Å². The van der Waals surface area contributed by atoms with Crippen LogP contribution >= 0.6 is 0 Å². The van der Waals surface area contributed by atoms with Crippen molar-refractivity contribution in [1.29, 1.82) is 0 Å². The molecule has 2 aliphatic rings. The predicted molar refractivity (Wildman–Crippen MR) is 64.9 cm³/mol. The van der Waals surface area contributed by atoms with E-state index in [2.05, 4.69) is 17.1 Å². The molecule has 2 fully saturated rings. The second kappa shape index (κ2) is 6.24. The molecule has 2 rings (SSSR count). The first-order valence-corrected chi connectivity index (χ1v) is 6.66. The van der Waals surface area contributed by atoms with E-state index in [1.54, 1.807) is 0 Å². The summed E-state index contributed by atoms with van der Waals surface area (Å²) in [7, 11) is 0. The Bertz CT molecular complexity index is 196. The van der Waals surface area contributed by atoms with Crippen LogP contribution in [0.25, 0.3) is 0 Å². The van der Waals surface area contributed by atoms with Gasteiger partial charge >= 0.3 is 0 Å². The quantitative estimate of drug-likeness (QED) is 0.763. The Labute approximate surface area is 98.4 Å². The minimum atomic E-state index is 0.264. The molecule has 3 heteroatoms. The Morgan fingerprint density at radius 2 is 2.12 bits per heavy atom. The summed E-state index contributed by atoms with van der Waals surface area (Å²) < 4.78 is 0. The number of rotatable bonds is 3. The highest BCUT2D eigenvalue weighted by atomic mass is 16.1. The zero-order valence-corrected chi connectivity index (χ0v) is 10.0. The zero-order chi connectivity index (χ0) is 11.2. The van der Waals surface area contributed by atoms with Gasteiger partial charge in [-0.25, -0.2) is 0 Å². The van der Waals surface area contributed by atoms with Crippen LogP contribution in [0.3, 0.4) is 0 Å². The molecule has 2 N–H and O–H groups in total. The maximum absolute atomic E-state index is 11.8. The summed E-state index contributed by atoms with van der Waals surface area (Å²) in [6, 6.07) is 0.439. The molecule has 1 heterocycles. The van der Waals surface area contributed by atoms with Crippen LogP contribution in [0, 0.1) is 12.3 Å². The Balaban J connectivity index is 1.66.